The molecular formula is C30H23F3O3S. The lowest BCUT2D eigenvalue weighted by molar-refractivity contribution is -0.137. The normalized spacial score (nSPS) is 11.3. The molecule has 1 aromatic heterocycles. The van der Waals surface area contributed by atoms with Crippen molar-refractivity contribution in [3.8, 4) is 40.3 Å². The molecule has 0 aliphatic heterocycles. The third kappa shape index (κ3) is 5.92. The molecule has 3 aromatic carbocycles. The van der Waals surface area contributed by atoms with Crippen LogP contribution in [-0.4, -0.2) is 10.9 Å². The monoisotopic (exact) mass is 520 g/mol. The summed E-state index contributed by atoms with van der Waals surface area (Å²) < 4.78 is 43.7. The molecule has 0 bridgehead atoms. The van der Waals surface area contributed by atoms with Gasteiger partial charge in [-0.05, 0) is 53.4 Å². The number of aryl methyl sites for hydroxylation is 2. The fraction of sp³-hybridized carbons (Fsp3) is 0.167. The van der Waals surface area contributed by atoms with Crippen molar-refractivity contribution in [3.63, 3.8) is 0 Å². The zero-order valence-electron chi connectivity index (χ0n) is 19.9. The Morgan fingerprint density at radius 2 is 1.68 bits per heavy atom. The van der Waals surface area contributed by atoms with Crippen molar-refractivity contribution >= 4 is 11.8 Å². The standard InChI is InChI=1S/C30H23F3O3S/c1-3-19-16-22(21-8-6-5-7-9-21)17-20(4-2)27(19)28-26(34)18-24(36-29(28)35)14-15-37-25-12-10-23(11-13-25)30(31,32)33/h1,5-13,16-18,34H,4,14-15H2,2H3. The molecule has 3 nitrogen and oxygen atoms in total. The number of benzene rings is 3. The summed E-state index contributed by atoms with van der Waals surface area (Å²) in [5.41, 5.74) is 2.26. The van der Waals surface area contributed by atoms with Gasteiger partial charge in [0.25, 0.3) is 0 Å². The Labute approximate surface area is 217 Å². The van der Waals surface area contributed by atoms with Gasteiger partial charge in [0.05, 0.1) is 5.56 Å². The molecule has 188 valence electrons. The molecule has 0 radical (unpaired) electrons. The molecule has 0 saturated carbocycles. The van der Waals surface area contributed by atoms with E-state index in [1.165, 1.54) is 30.0 Å². The van der Waals surface area contributed by atoms with Crippen LogP contribution in [0.25, 0.3) is 22.3 Å². The second kappa shape index (κ2) is 11.0. The predicted octanol–water partition coefficient (Wildman–Crippen LogP) is 7.58. The lowest BCUT2D eigenvalue weighted by Crippen LogP contribution is -2.09. The highest BCUT2D eigenvalue weighted by Gasteiger charge is 2.30. The number of aromatic hydroxyl groups is 1. The van der Waals surface area contributed by atoms with Gasteiger partial charge in [-0.3, -0.25) is 0 Å². The smallest absolute Gasteiger partial charge is 0.416 e. The fourth-order valence-electron chi connectivity index (χ4n) is 4.08. The maximum absolute atomic E-state index is 13.0. The van der Waals surface area contributed by atoms with Gasteiger partial charge in [-0.15, -0.1) is 18.2 Å². The summed E-state index contributed by atoms with van der Waals surface area (Å²) >= 11 is 1.32. The van der Waals surface area contributed by atoms with Gasteiger partial charge in [-0.1, -0.05) is 49.2 Å². The summed E-state index contributed by atoms with van der Waals surface area (Å²) in [5.74, 6) is 3.13. The van der Waals surface area contributed by atoms with Crippen molar-refractivity contribution < 1.29 is 22.7 Å². The highest BCUT2D eigenvalue weighted by Crippen LogP contribution is 2.36. The van der Waals surface area contributed by atoms with Gasteiger partial charge in [-0.25, -0.2) is 4.79 Å². The summed E-state index contributed by atoms with van der Waals surface area (Å²) in [6, 6.07) is 19.8. The molecule has 0 amide bonds. The van der Waals surface area contributed by atoms with Crippen LogP contribution in [0.4, 0.5) is 13.2 Å². The first-order chi connectivity index (χ1) is 17.7. The van der Waals surface area contributed by atoms with Gasteiger partial charge in [0.1, 0.15) is 17.1 Å². The van der Waals surface area contributed by atoms with Crippen LogP contribution in [0.5, 0.6) is 5.75 Å². The van der Waals surface area contributed by atoms with Gasteiger partial charge < -0.3 is 9.52 Å². The maximum Gasteiger partial charge on any atom is 0.416 e. The maximum atomic E-state index is 13.0. The van der Waals surface area contributed by atoms with Crippen molar-refractivity contribution in [1.29, 1.82) is 0 Å². The average Bonchev–Trinajstić information content (AvgIpc) is 2.88. The van der Waals surface area contributed by atoms with Crippen LogP contribution in [0.1, 0.15) is 29.4 Å². The summed E-state index contributed by atoms with van der Waals surface area (Å²) in [5, 5.41) is 10.8. The van der Waals surface area contributed by atoms with Gasteiger partial charge in [0, 0.05) is 34.3 Å². The molecule has 0 saturated heterocycles. The topological polar surface area (TPSA) is 50.4 Å². The first kappa shape index (κ1) is 26.2. The van der Waals surface area contributed by atoms with E-state index in [1.54, 1.807) is 0 Å². The number of rotatable bonds is 7. The van der Waals surface area contributed by atoms with E-state index < -0.39 is 17.4 Å². The van der Waals surface area contributed by atoms with Crippen molar-refractivity contribution in [1.82, 2.24) is 0 Å². The lowest BCUT2D eigenvalue weighted by Gasteiger charge is -2.15. The zero-order chi connectivity index (χ0) is 26.6. The molecule has 0 atom stereocenters. The number of terminal acetylenes is 1. The van der Waals surface area contributed by atoms with Crippen LogP contribution in [0.3, 0.4) is 0 Å². The van der Waals surface area contributed by atoms with Crippen molar-refractivity contribution in [2.24, 2.45) is 0 Å². The number of thioether (sulfide) groups is 1. The molecular weight excluding hydrogens is 497 g/mol. The number of alkyl halides is 3. The molecule has 0 fully saturated rings. The van der Waals surface area contributed by atoms with Crippen molar-refractivity contribution in [3.05, 3.63) is 106 Å². The number of halogens is 3. The van der Waals surface area contributed by atoms with E-state index in [2.05, 4.69) is 5.92 Å². The minimum absolute atomic E-state index is 0.0172. The minimum atomic E-state index is -4.38. The third-order valence-corrected chi connectivity index (χ3v) is 6.91. The van der Waals surface area contributed by atoms with Crippen LogP contribution >= 0.6 is 11.8 Å². The van der Waals surface area contributed by atoms with Gasteiger partial charge >= 0.3 is 11.8 Å². The quantitative estimate of drug-likeness (QED) is 0.202. The predicted molar refractivity (Wildman–Crippen MR) is 141 cm³/mol. The second-order valence-electron chi connectivity index (χ2n) is 8.30. The van der Waals surface area contributed by atoms with Gasteiger partial charge in [-0.2, -0.15) is 13.2 Å². The fourth-order valence-corrected chi connectivity index (χ4v) is 4.95. The number of hydrogen-bond donors (Lipinski definition) is 1. The van der Waals surface area contributed by atoms with E-state index in [-0.39, 0.29) is 17.1 Å². The highest BCUT2D eigenvalue weighted by atomic mass is 32.2. The van der Waals surface area contributed by atoms with E-state index in [0.29, 0.717) is 34.6 Å². The van der Waals surface area contributed by atoms with E-state index in [0.717, 1.165) is 28.8 Å². The molecule has 37 heavy (non-hydrogen) atoms. The molecule has 1 heterocycles. The second-order valence-corrected chi connectivity index (χ2v) is 9.47. The SMILES string of the molecule is C#Cc1cc(-c2ccccc2)cc(CC)c1-c1c(O)cc(CCSc2ccc(C(F)(F)F)cc2)oc1=O. The highest BCUT2D eigenvalue weighted by molar-refractivity contribution is 7.99. The van der Waals surface area contributed by atoms with E-state index >= 15 is 0 Å². The molecule has 7 heteroatoms. The average molecular weight is 521 g/mol. The Morgan fingerprint density at radius 3 is 2.27 bits per heavy atom. The van der Waals surface area contributed by atoms with Crippen LogP contribution in [0.2, 0.25) is 0 Å². The van der Waals surface area contributed by atoms with E-state index in [1.807, 2.05) is 49.4 Å². The van der Waals surface area contributed by atoms with E-state index in [4.69, 9.17) is 10.8 Å². The summed E-state index contributed by atoms with van der Waals surface area (Å²) in [7, 11) is 0. The summed E-state index contributed by atoms with van der Waals surface area (Å²) in [6.07, 6.45) is 2.30. The summed E-state index contributed by atoms with van der Waals surface area (Å²) in [4.78, 5) is 13.7. The first-order valence-electron chi connectivity index (χ1n) is 11.6. The van der Waals surface area contributed by atoms with Crippen LogP contribution in [0.15, 0.2) is 86.9 Å². The van der Waals surface area contributed by atoms with Crippen LogP contribution < -0.4 is 5.63 Å². The van der Waals surface area contributed by atoms with Crippen LogP contribution in [-0.2, 0) is 19.0 Å². The molecule has 0 unspecified atom stereocenters. The Kier molecular flexibility index (Phi) is 7.80. The zero-order valence-corrected chi connectivity index (χ0v) is 20.7. The van der Waals surface area contributed by atoms with E-state index in [9.17, 15) is 23.1 Å². The van der Waals surface area contributed by atoms with Crippen molar-refractivity contribution in [2.45, 2.75) is 30.8 Å². The third-order valence-electron chi connectivity index (χ3n) is 5.89. The molecule has 0 spiro atoms. The number of hydrogen-bond acceptors (Lipinski definition) is 4. The molecule has 1 N–H and O–H groups in total. The Balaban J connectivity index is 1.59. The van der Waals surface area contributed by atoms with Gasteiger partial charge in [0.2, 0.25) is 0 Å². The largest absolute Gasteiger partial charge is 0.507 e. The molecule has 0 aliphatic carbocycles. The summed E-state index contributed by atoms with van der Waals surface area (Å²) in [6.45, 7) is 1.94. The molecule has 0 aliphatic rings. The lowest BCUT2D eigenvalue weighted by atomic mass is 9.89. The van der Waals surface area contributed by atoms with Crippen LogP contribution in [0, 0.1) is 12.3 Å². The Bertz CT molecular complexity index is 1500. The first-order valence-corrected chi connectivity index (χ1v) is 12.5. The Morgan fingerprint density at radius 1 is 0.973 bits per heavy atom. The minimum Gasteiger partial charge on any atom is -0.507 e. The molecule has 4 aromatic rings. The van der Waals surface area contributed by atoms with Gasteiger partial charge in [0.15, 0.2) is 0 Å². The molecule has 4 rings (SSSR count). The van der Waals surface area contributed by atoms with Crippen molar-refractivity contribution in [2.75, 3.05) is 5.75 Å². The Hall–Kier alpha value is -3.89.